The Bertz CT molecular complexity index is 296. The van der Waals surface area contributed by atoms with Crippen LogP contribution in [0.25, 0.3) is 0 Å². The van der Waals surface area contributed by atoms with E-state index in [1.54, 1.807) is 0 Å². The van der Waals surface area contributed by atoms with Crippen molar-refractivity contribution in [3.8, 4) is 0 Å². The molecule has 0 aromatic heterocycles. The van der Waals surface area contributed by atoms with E-state index < -0.39 is 16.6 Å². The summed E-state index contributed by atoms with van der Waals surface area (Å²) in [6.07, 6.45) is 2.11. The molecule has 0 amide bonds. The van der Waals surface area contributed by atoms with Gasteiger partial charge in [-0.25, -0.2) is 0 Å². The van der Waals surface area contributed by atoms with Gasteiger partial charge in [0.25, 0.3) is 0 Å². The summed E-state index contributed by atoms with van der Waals surface area (Å²) >= 11 is 0. The van der Waals surface area contributed by atoms with Crippen molar-refractivity contribution < 1.29 is 8.85 Å². The third-order valence-electron chi connectivity index (χ3n) is 3.39. The fraction of sp³-hybridized carbons (Fsp3) is 0.857. The molecule has 2 nitrogen and oxygen atoms in total. The zero-order valence-corrected chi connectivity index (χ0v) is 16.0. The Balaban J connectivity index is 4.81. The van der Waals surface area contributed by atoms with Gasteiger partial charge < -0.3 is 8.85 Å². The summed E-state index contributed by atoms with van der Waals surface area (Å²) in [4.78, 5) is 0. The van der Waals surface area contributed by atoms with E-state index in [2.05, 4.69) is 66.5 Å². The van der Waals surface area contributed by atoms with Crippen LogP contribution < -0.4 is 0 Å². The molecular formula is C14H32O2Si2. The quantitative estimate of drug-likeness (QED) is 0.514. The highest BCUT2D eigenvalue weighted by atomic mass is 28.4. The van der Waals surface area contributed by atoms with E-state index in [1.807, 2.05) is 6.92 Å². The first-order valence-corrected chi connectivity index (χ1v) is 13.1. The molecule has 0 bridgehead atoms. The lowest BCUT2D eigenvalue weighted by Gasteiger charge is -2.39. The van der Waals surface area contributed by atoms with Crippen molar-refractivity contribution in [3.63, 3.8) is 0 Å². The summed E-state index contributed by atoms with van der Waals surface area (Å²) in [5.74, 6) is 0.999. The van der Waals surface area contributed by atoms with Gasteiger partial charge in [0, 0.05) is 0 Å². The van der Waals surface area contributed by atoms with Crippen LogP contribution in [0.2, 0.25) is 37.8 Å². The molecule has 0 aromatic carbocycles. The van der Waals surface area contributed by atoms with Crippen molar-refractivity contribution in [2.45, 2.75) is 78.5 Å². The van der Waals surface area contributed by atoms with Gasteiger partial charge in [-0.15, -0.1) is 0 Å². The lowest BCUT2D eigenvalue weighted by atomic mass is 10.2. The molecule has 108 valence electrons. The maximum absolute atomic E-state index is 6.37. The smallest absolute Gasteiger partial charge is 0.241 e. The molecule has 0 rings (SSSR count). The molecule has 18 heavy (non-hydrogen) atoms. The summed E-state index contributed by atoms with van der Waals surface area (Å²) in [7, 11) is -3.29. The fourth-order valence-corrected chi connectivity index (χ4v) is 3.75. The average Bonchev–Trinajstić information content (AvgIpc) is 2.09. The first kappa shape index (κ1) is 17.9. The monoisotopic (exact) mass is 288 g/mol. The van der Waals surface area contributed by atoms with Gasteiger partial charge >= 0.3 is 0 Å². The van der Waals surface area contributed by atoms with Crippen molar-refractivity contribution in [2.24, 2.45) is 0 Å². The van der Waals surface area contributed by atoms with Crippen LogP contribution in [0.4, 0.5) is 0 Å². The second-order valence-electron chi connectivity index (χ2n) is 7.43. The van der Waals surface area contributed by atoms with Gasteiger partial charge in [-0.2, -0.15) is 0 Å². The predicted octanol–water partition coefficient (Wildman–Crippen LogP) is 5.15. The Hall–Kier alpha value is -0.0662. The Kier molecular flexibility index (Phi) is 5.90. The molecule has 0 aliphatic rings. The van der Waals surface area contributed by atoms with Crippen LogP contribution in [0, 0.1) is 0 Å². The molecule has 0 spiro atoms. The topological polar surface area (TPSA) is 18.5 Å². The predicted molar refractivity (Wildman–Crippen MR) is 85.9 cm³/mol. The average molecular weight is 289 g/mol. The van der Waals surface area contributed by atoms with Crippen LogP contribution in [0.3, 0.4) is 0 Å². The number of allylic oxidation sites excluding steroid dienone is 1. The molecular weight excluding hydrogens is 256 g/mol. The minimum atomic E-state index is -1.73. The lowest BCUT2D eigenvalue weighted by Crippen LogP contribution is -2.44. The molecule has 0 saturated carbocycles. The second kappa shape index (κ2) is 5.93. The van der Waals surface area contributed by atoms with Gasteiger partial charge in [0.1, 0.15) is 5.76 Å². The lowest BCUT2D eigenvalue weighted by molar-refractivity contribution is 0.179. The summed E-state index contributed by atoms with van der Waals surface area (Å²) in [6, 6.07) is 0. The molecule has 0 N–H and O–H groups in total. The SMILES string of the molecule is C/C=C(\O[Si](C)(C)C)[C@H](C)O[Si](C)(C)C(C)(C)C. The highest BCUT2D eigenvalue weighted by molar-refractivity contribution is 6.74. The maximum Gasteiger partial charge on any atom is 0.241 e. The molecule has 0 aromatic rings. The van der Waals surface area contributed by atoms with E-state index in [0.29, 0.717) is 0 Å². The van der Waals surface area contributed by atoms with Crippen molar-refractivity contribution in [1.29, 1.82) is 0 Å². The van der Waals surface area contributed by atoms with Crippen molar-refractivity contribution >= 4 is 16.6 Å². The van der Waals surface area contributed by atoms with Gasteiger partial charge in [0.2, 0.25) is 8.32 Å². The molecule has 1 atom stereocenters. The number of hydrogen-bond acceptors (Lipinski definition) is 2. The van der Waals surface area contributed by atoms with Crippen molar-refractivity contribution in [2.75, 3.05) is 0 Å². The molecule has 0 unspecified atom stereocenters. The first-order valence-electron chi connectivity index (χ1n) is 6.83. The van der Waals surface area contributed by atoms with Crippen LogP contribution in [-0.2, 0) is 8.85 Å². The largest absolute Gasteiger partial charge is 0.546 e. The summed E-state index contributed by atoms with van der Waals surface area (Å²) < 4.78 is 12.5. The first-order chi connectivity index (χ1) is 7.80. The van der Waals surface area contributed by atoms with E-state index in [1.165, 1.54) is 0 Å². The van der Waals surface area contributed by atoms with Crippen molar-refractivity contribution in [3.05, 3.63) is 11.8 Å². The zero-order valence-electron chi connectivity index (χ0n) is 14.0. The molecule has 4 heteroatoms. The van der Waals surface area contributed by atoms with Gasteiger partial charge in [0.05, 0.1) is 6.10 Å². The standard InChI is InChI=1S/C14H32O2Si2/c1-11-13(16-17(6,7)8)12(2)15-18(9,10)14(3,4)5/h11-12H,1-10H3/b13-11-/t12-/m0/s1. The van der Waals surface area contributed by atoms with Crippen LogP contribution >= 0.6 is 0 Å². The summed E-state index contributed by atoms with van der Waals surface area (Å²) in [5.41, 5.74) is 0. The van der Waals surface area contributed by atoms with Crippen LogP contribution in [0.5, 0.6) is 0 Å². The molecule has 0 heterocycles. The molecule has 0 aliphatic carbocycles. The van der Waals surface area contributed by atoms with E-state index >= 15 is 0 Å². The minimum absolute atomic E-state index is 0.0580. The van der Waals surface area contributed by atoms with Gasteiger partial charge in [0.15, 0.2) is 8.32 Å². The van der Waals surface area contributed by atoms with Gasteiger partial charge in [-0.1, -0.05) is 20.8 Å². The van der Waals surface area contributed by atoms with E-state index in [0.717, 1.165) is 5.76 Å². The highest BCUT2D eigenvalue weighted by Crippen LogP contribution is 2.38. The molecule has 0 saturated heterocycles. The number of hydrogen-bond donors (Lipinski definition) is 0. The Morgan fingerprint density at radius 2 is 1.50 bits per heavy atom. The Morgan fingerprint density at radius 1 is 1.06 bits per heavy atom. The highest BCUT2D eigenvalue weighted by Gasteiger charge is 2.39. The third kappa shape index (κ3) is 5.72. The van der Waals surface area contributed by atoms with Crippen molar-refractivity contribution in [1.82, 2.24) is 0 Å². The van der Waals surface area contributed by atoms with Crippen LogP contribution in [-0.4, -0.2) is 22.7 Å². The Labute approximate surface area is 116 Å². The van der Waals surface area contributed by atoms with Crippen LogP contribution in [0.1, 0.15) is 34.6 Å². The number of rotatable bonds is 5. The minimum Gasteiger partial charge on any atom is -0.546 e. The maximum atomic E-state index is 6.37. The van der Waals surface area contributed by atoms with E-state index in [-0.39, 0.29) is 11.1 Å². The fourth-order valence-electron chi connectivity index (χ4n) is 1.41. The molecule has 0 aliphatic heterocycles. The third-order valence-corrected chi connectivity index (χ3v) is 8.79. The van der Waals surface area contributed by atoms with Gasteiger partial charge in [-0.3, -0.25) is 0 Å². The molecule has 0 fully saturated rings. The zero-order chi connectivity index (χ0) is 14.8. The normalized spacial score (nSPS) is 16.7. The van der Waals surface area contributed by atoms with Gasteiger partial charge in [-0.05, 0) is 57.7 Å². The summed E-state index contributed by atoms with van der Waals surface area (Å²) in [5, 5.41) is 0.235. The molecule has 0 radical (unpaired) electrons. The van der Waals surface area contributed by atoms with E-state index in [9.17, 15) is 0 Å². The summed E-state index contributed by atoms with van der Waals surface area (Å²) in [6.45, 7) is 22.1. The second-order valence-corrected chi connectivity index (χ2v) is 16.6. The van der Waals surface area contributed by atoms with E-state index in [4.69, 9.17) is 8.85 Å². The Morgan fingerprint density at radius 3 is 1.78 bits per heavy atom. The van der Waals surface area contributed by atoms with Crippen LogP contribution in [0.15, 0.2) is 11.8 Å².